The van der Waals surface area contributed by atoms with E-state index >= 15 is 0 Å². The summed E-state index contributed by atoms with van der Waals surface area (Å²) in [6.07, 6.45) is 11.6. The Kier molecular flexibility index (Phi) is 9.28. The van der Waals surface area contributed by atoms with Crippen LogP contribution in [0.2, 0.25) is 0 Å². The SMILES string of the molecule is C=C/N=C\N(C=C)CCCCCCC. The first-order valence-corrected chi connectivity index (χ1v) is 5.37. The molecule has 0 aromatic carbocycles. The molecule has 0 saturated heterocycles. The molecule has 0 aliphatic heterocycles. The van der Waals surface area contributed by atoms with E-state index in [9.17, 15) is 0 Å². The summed E-state index contributed by atoms with van der Waals surface area (Å²) >= 11 is 0. The maximum absolute atomic E-state index is 3.95. The molecule has 0 bridgehead atoms. The topological polar surface area (TPSA) is 15.6 Å². The van der Waals surface area contributed by atoms with E-state index in [1.807, 2.05) is 4.90 Å². The van der Waals surface area contributed by atoms with Crippen LogP contribution in [0.5, 0.6) is 0 Å². The van der Waals surface area contributed by atoms with Crippen LogP contribution in [0.4, 0.5) is 0 Å². The zero-order valence-corrected chi connectivity index (χ0v) is 9.28. The third kappa shape index (κ3) is 7.59. The van der Waals surface area contributed by atoms with Crippen LogP contribution in [0.25, 0.3) is 0 Å². The van der Waals surface area contributed by atoms with Gasteiger partial charge in [0.25, 0.3) is 0 Å². The molecule has 2 nitrogen and oxygen atoms in total. The highest BCUT2D eigenvalue weighted by Crippen LogP contribution is 2.03. The van der Waals surface area contributed by atoms with Gasteiger partial charge in [0.2, 0.25) is 0 Å². The minimum Gasteiger partial charge on any atom is -0.340 e. The fourth-order valence-corrected chi connectivity index (χ4v) is 1.23. The van der Waals surface area contributed by atoms with Crippen molar-refractivity contribution < 1.29 is 0 Å². The molecule has 0 amide bonds. The minimum atomic E-state index is 1.00. The van der Waals surface area contributed by atoms with Crippen molar-refractivity contribution in [1.29, 1.82) is 0 Å². The summed E-state index contributed by atoms with van der Waals surface area (Å²) in [4.78, 5) is 5.95. The Bertz CT molecular complexity index is 173. The number of nitrogens with zero attached hydrogens (tertiary/aromatic N) is 2. The average Bonchev–Trinajstić information content (AvgIpc) is 2.22. The van der Waals surface area contributed by atoms with E-state index in [0.717, 1.165) is 6.54 Å². The van der Waals surface area contributed by atoms with Crippen LogP contribution in [0, 0.1) is 0 Å². The molecule has 0 rings (SSSR count). The second-order valence-electron chi connectivity index (χ2n) is 3.28. The van der Waals surface area contributed by atoms with Crippen molar-refractivity contribution in [3.05, 3.63) is 25.6 Å². The van der Waals surface area contributed by atoms with Gasteiger partial charge in [-0.1, -0.05) is 45.8 Å². The highest BCUT2D eigenvalue weighted by atomic mass is 15.1. The number of hydrogen-bond acceptors (Lipinski definition) is 1. The number of hydrogen-bond donors (Lipinski definition) is 0. The summed E-state index contributed by atoms with van der Waals surface area (Å²) in [6, 6.07) is 0. The van der Waals surface area contributed by atoms with Crippen LogP contribution >= 0.6 is 0 Å². The Labute approximate surface area is 88.0 Å². The van der Waals surface area contributed by atoms with Crippen LogP contribution in [0.15, 0.2) is 30.6 Å². The summed E-state index contributed by atoms with van der Waals surface area (Å²) in [7, 11) is 0. The molecule has 2 heteroatoms. The first kappa shape index (κ1) is 12.9. The zero-order chi connectivity index (χ0) is 10.6. The van der Waals surface area contributed by atoms with Gasteiger partial charge in [0, 0.05) is 12.7 Å². The molecule has 0 N–H and O–H groups in total. The van der Waals surface area contributed by atoms with E-state index in [1.165, 1.54) is 38.3 Å². The Morgan fingerprint density at radius 2 is 1.86 bits per heavy atom. The zero-order valence-electron chi connectivity index (χ0n) is 9.28. The van der Waals surface area contributed by atoms with E-state index in [0.29, 0.717) is 0 Å². The van der Waals surface area contributed by atoms with Crippen molar-refractivity contribution in [3.8, 4) is 0 Å². The summed E-state index contributed by atoms with van der Waals surface area (Å²) in [5, 5.41) is 0. The second kappa shape index (κ2) is 10.0. The lowest BCUT2D eigenvalue weighted by Gasteiger charge is -2.12. The third-order valence-corrected chi connectivity index (χ3v) is 2.07. The highest BCUT2D eigenvalue weighted by molar-refractivity contribution is 5.56. The smallest absolute Gasteiger partial charge is 0.0944 e. The fourth-order valence-electron chi connectivity index (χ4n) is 1.23. The van der Waals surface area contributed by atoms with Gasteiger partial charge in [-0.15, -0.1) is 0 Å². The van der Waals surface area contributed by atoms with Crippen molar-refractivity contribution in [1.82, 2.24) is 4.90 Å². The summed E-state index contributed by atoms with van der Waals surface area (Å²) in [5.74, 6) is 0. The van der Waals surface area contributed by atoms with Gasteiger partial charge in [0.1, 0.15) is 0 Å². The van der Waals surface area contributed by atoms with Crippen LogP contribution in [0.1, 0.15) is 39.0 Å². The lowest BCUT2D eigenvalue weighted by atomic mass is 10.1. The van der Waals surface area contributed by atoms with Gasteiger partial charge in [0.05, 0.1) is 6.34 Å². The Morgan fingerprint density at radius 3 is 2.43 bits per heavy atom. The van der Waals surface area contributed by atoms with Crippen molar-refractivity contribution >= 4 is 6.34 Å². The van der Waals surface area contributed by atoms with Gasteiger partial charge >= 0.3 is 0 Å². The first-order valence-electron chi connectivity index (χ1n) is 5.37. The predicted molar refractivity (Wildman–Crippen MR) is 64.4 cm³/mol. The molecule has 0 aliphatic carbocycles. The molecule has 0 heterocycles. The Balaban J connectivity index is 3.47. The fraction of sp³-hybridized carbons (Fsp3) is 0.583. The maximum Gasteiger partial charge on any atom is 0.0944 e. The third-order valence-electron chi connectivity index (χ3n) is 2.07. The van der Waals surface area contributed by atoms with Crippen LogP contribution < -0.4 is 0 Å². The number of unbranched alkanes of at least 4 members (excludes halogenated alkanes) is 4. The Morgan fingerprint density at radius 1 is 1.14 bits per heavy atom. The van der Waals surface area contributed by atoms with Crippen LogP contribution in [-0.2, 0) is 0 Å². The van der Waals surface area contributed by atoms with Gasteiger partial charge in [0.15, 0.2) is 0 Å². The molecular formula is C12H22N2. The first-order chi connectivity index (χ1) is 6.85. The van der Waals surface area contributed by atoms with Crippen LogP contribution in [0.3, 0.4) is 0 Å². The molecule has 0 atom stereocenters. The van der Waals surface area contributed by atoms with Gasteiger partial charge < -0.3 is 4.90 Å². The van der Waals surface area contributed by atoms with Crippen molar-refractivity contribution in [3.63, 3.8) is 0 Å². The van der Waals surface area contributed by atoms with Gasteiger partial charge in [-0.3, -0.25) is 0 Å². The molecule has 0 aromatic rings. The van der Waals surface area contributed by atoms with Gasteiger partial charge in [-0.2, -0.15) is 0 Å². The number of aliphatic imine (C=N–C) groups is 1. The molecule has 0 fully saturated rings. The monoisotopic (exact) mass is 194 g/mol. The lowest BCUT2D eigenvalue weighted by Crippen LogP contribution is -2.15. The molecular weight excluding hydrogens is 172 g/mol. The van der Waals surface area contributed by atoms with Gasteiger partial charge in [-0.05, 0) is 12.6 Å². The van der Waals surface area contributed by atoms with Crippen LogP contribution in [-0.4, -0.2) is 17.8 Å². The Hall–Kier alpha value is -1.05. The van der Waals surface area contributed by atoms with E-state index in [2.05, 4.69) is 25.1 Å². The van der Waals surface area contributed by atoms with Crippen molar-refractivity contribution in [2.45, 2.75) is 39.0 Å². The molecule has 0 aromatic heterocycles. The quantitative estimate of drug-likeness (QED) is 0.311. The standard InChI is InChI=1S/C12H22N2/c1-4-7-8-9-10-11-14(6-3)12-13-5-2/h5-6,12H,2-4,7-11H2,1H3/b13-12-. The molecule has 14 heavy (non-hydrogen) atoms. The van der Waals surface area contributed by atoms with Gasteiger partial charge in [-0.25, -0.2) is 4.99 Å². The van der Waals surface area contributed by atoms with E-state index < -0.39 is 0 Å². The van der Waals surface area contributed by atoms with Crippen molar-refractivity contribution in [2.75, 3.05) is 6.54 Å². The molecule has 0 aliphatic rings. The maximum atomic E-state index is 3.95. The minimum absolute atomic E-state index is 1.00. The summed E-state index contributed by atoms with van der Waals surface area (Å²) in [5.41, 5.74) is 0. The second-order valence-corrected chi connectivity index (χ2v) is 3.28. The summed E-state index contributed by atoms with van der Waals surface area (Å²) in [6.45, 7) is 10.5. The normalized spacial score (nSPS) is 10.4. The molecule has 0 unspecified atom stereocenters. The molecule has 0 saturated carbocycles. The summed E-state index contributed by atoms with van der Waals surface area (Å²) < 4.78 is 0. The van der Waals surface area contributed by atoms with E-state index in [-0.39, 0.29) is 0 Å². The number of rotatable bonds is 9. The molecule has 80 valence electrons. The molecule has 0 spiro atoms. The predicted octanol–water partition coefficient (Wildman–Crippen LogP) is 3.57. The van der Waals surface area contributed by atoms with E-state index in [4.69, 9.17) is 0 Å². The average molecular weight is 194 g/mol. The lowest BCUT2D eigenvalue weighted by molar-refractivity contribution is 0.514. The van der Waals surface area contributed by atoms with Crippen molar-refractivity contribution in [2.24, 2.45) is 4.99 Å². The largest absolute Gasteiger partial charge is 0.340 e. The van der Waals surface area contributed by atoms with E-state index in [1.54, 1.807) is 12.5 Å². The molecule has 0 radical (unpaired) electrons. The highest BCUT2D eigenvalue weighted by Gasteiger charge is 1.93.